The minimum absolute atomic E-state index is 0.0107. The predicted octanol–water partition coefficient (Wildman–Crippen LogP) is -1.87. The number of sulfonamides is 1. The Bertz CT molecular complexity index is 481. The third kappa shape index (κ3) is 4.83. The van der Waals surface area contributed by atoms with Crippen molar-refractivity contribution in [3.05, 3.63) is 12.4 Å². The van der Waals surface area contributed by atoms with Crippen LogP contribution in [0.4, 0.5) is 5.69 Å². The van der Waals surface area contributed by atoms with Crippen LogP contribution in [-0.4, -0.2) is 43.5 Å². The summed E-state index contributed by atoms with van der Waals surface area (Å²) in [5.41, 5.74) is 5.90. The molecule has 1 aromatic rings. The van der Waals surface area contributed by atoms with E-state index in [0.717, 1.165) is 0 Å². The standard InChI is InChI=1S/C8H15N5O3S/c1-10-17(15,16)3-2-11-8(14)6-13-5-7(9)4-12-13/h4-5,10H,2-3,6,9H2,1H3,(H,11,14). The molecule has 0 saturated carbocycles. The summed E-state index contributed by atoms with van der Waals surface area (Å²) < 4.78 is 25.6. The quantitative estimate of drug-likeness (QED) is 0.554. The lowest BCUT2D eigenvalue weighted by molar-refractivity contribution is -0.121. The highest BCUT2D eigenvalue weighted by Crippen LogP contribution is 1.96. The first-order valence-corrected chi connectivity index (χ1v) is 6.54. The molecule has 0 aliphatic heterocycles. The van der Waals surface area contributed by atoms with Gasteiger partial charge in [-0.2, -0.15) is 5.10 Å². The molecule has 0 spiro atoms. The number of hydrogen-bond acceptors (Lipinski definition) is 5. The van der Waals surface area contributed by atoms with Gasteiger partial charge in [0.15, 0.2) is 0 Å². The summed E-state index contributed by atoms with van der Waals surface area (Å²) in [6.45, 7) is 0.0650. The molecule has 9 heteroatoms. The zero-order valence-corrected chi connectivity index (χ0v) is 10.2. The molecule has 1 rings (SSSR count). The van der Waals surface area contributed by atoms with Gasteiger partial charge in [0.1, 0.15) is 6.54 Å². The van der Waals surface area contributed by atoms with Crippen molar-refractivity contribution in [3.8, 4) is 0 Å². The van der Waals surface area contributed by atoms with Crippen molar-refractivity contribution < 1.29 is 13.2 Å². The summed E-state index contributed by atoms with van der Waals surface area (Å²) in [4.78, 5) is 11.4. The van der Waals surface area contributed by atoms with Crippen LogP contribution in [0.3, 0.4) is 0 Å². The second kappa shape index (κ2) is 5.64. The topological polar surface area (TPSA) is 119 Å². The third-order valence-corrected chi connectivity index (χ3v) is 3.33. The van der Waals surface area contributed by atoms with Gasteiger partial charge in [0.2, 0.25) is 15.9 Å². The van der Waals surface area contributed by atoms with Gasteiger partial charge in [-0.05, 0) is 7.05 Å². The molecular weight excluding hydrogens is 246 g/mol. The second-order valence-corrected chi connectivity index (χ2v) is 5.39. The van der Waals surface area contributed by atoms with Crippen LogP contribution in [0.5, 0.6) is 0 Å². The van der Waals surface area contributed by atoms with E-state index >= 15 is 0 Å². The largest absolute Gasteiger partial charge is 0.396 e. The normalized spacial score (nSPS) is 11.4. The molecule has 1 aromatic heterocycles. The number of carbonyl (C=O) groups is 1. The highest BCUT2D eigenvalue weighted by molar-refractivity contribution is 7.89. The molecule has 0 saturated heterocycles. The number of nitrogens with one attached hydrogen (secondary N) is 2. The zero-order chi connectivity index (χ0) is 12.9. The van der Waals surface area contributed by atoms with Crippen LogP contribution < -0.4 is 15.8 Å². The zero-order valence-electron chi connectivity index (χ0n) is 9.38. The van der Waals surface area contributed by atoms with E-state index in [1.165, 1.54) is 24.1 Å². The van der Waals surface area contributed by atoms with Gasteiger partial charge in [0, 0.05) is 12.7 Å². The van der Waals surface area contributed by atoms with Crippen molar-refractivity contribution in [2.24, 2.45) is 0 Å². The Balaban J connectivity index is 2.31. The van der Waals surface area contributed by atoms with Gasteiger partial charge in [0.05, 0.1) is 17.6 Å². The molecule has 0 fully saturated rings. The maximum atomic E-state index is 11.4. The molecule has 4 N–H and O–H groups in total. The minimum atomic E-state index is -3.29. The lowest BCUT2D eigenvalue weighted by atomic mass is 10.5. The number of carbonyl (C=O) groups excluding carboxylic acids is 1. The van der Waals surface area contributed by atoms with E-state index in [0.29, 0.717) is 5.69 Å². The SMILES string of the molecule is CNS(=O)(=O)CCNC(=O)Cn1cc(N)cn1. The van der Waals surface area contributed by atoms with Gasteiger partial charge in [-0.25, -0.2) is 13.1 Å². The van der Waals surface area contributed by atoms with Gasteiger partial charge in [-0.1, -0.05) is 0 Å². The number of aromatic nitrogens is 2. The first kappa shape index (κ1) is 13.5. The predicted molar refractivity (Wildman–Crippen MR) is 62.5 cm³/mol. The van der Waals surface area contributed by atoms with Crippen molar-refractivity contribution in [1.29, 1.82) is 0 Å². The highest BCUT2D eigenvalue weighted by atomic mass is 32.2. The van der Waals surface area contributed by atoms with Crippen molar-refractivity contribution in [3.63, 3.8) is 0 Å². The van der Waals surface area contributed by atoms with Crippen molar-refractivity contribution in [2.75, 3.05) is 25.1 Å². The molecule has 0 atom stereocenters. The number of nitrogens with zero attached hydrogens (tertiary/aromatic N) is 2. The highest BCUT2D eigenvalue weighted by Gasteiger charge is 2.08. The Morgan fingerprint density at radius 3 is 2.82 bits per heavy atom. The van der Waals surface area contributed by atoms with Gasteiger partial charge in [-0.3, -0.25) is 9.48 Å². The van der Waals surface area contributed by atoms with Crippen LogP contribution in [0.15, 0.2) is 12.4 Å². The van der Waals surface area contributed by atoms with Crippen LogP contribution in [0.1, 0.15) is 0 Å². The number of anilines is 1. The summed E-state index contributed by atoms with van der Waals surface area (Å²) in [7, 11) is -1.97. The summed E-state index contributed by atoms with van der Waals surface area (Å²) >= 11 is 0. The Kier molecular flexibility index (Phi) is 4.46. The molecule has 8 nitrogen and oxygen atoms in total. The maximum absolute atomic E-state index is 11.4. The molecule has 0 aliphatic carbocycles. The fourth-order valence-electron chi connectivity index (χ4n) is 1.10. The molecule has 17 heavy (non-hydrogen) atoms. The smallest absolute Gasteiger partial charge is 0.241 e. The summed E-state index contributed by atoms with van der Waals surface area (Å²) in [6, 6.07) is 0. The monoisotopic (exact) mass is 261 g/mol. The average Bonchev–Trinajstić information content (AvgIpc) is 2.63. The number of hydrogen-bond donors (Lipinski definition) is 3. The van der Waals surface area contributed by atoms with Crippen LogP contribution in [0.2, 0.25) is 0 Å². The van der Waals surface area contributed by atoms with E-state index in [-0.39, 0.29) is 24.7 Å². The van der Waals surface area contributed by atoms with E-state index < -0.39 is 10.0 Å². The Morgan fingerprint density at radius 1 is 1.59 bits per heavy atom. The summed E-state index contributed by atoms with van der Waals surface area (Å²) in [6.07, 6.45) is 2.95. The van der Waals surface area contributed by atoms with E-state index in [1.807, 2.05) is 0 Å². The van der Waals surface area contributed by atoms with E-state index in [1.54, 1.807) is 0 Å². The number of rotatable bonds is 6. The fourth-order valence-corrected chi connectivity index (χ4v) is 1.67. The molecule has 0 unspecified atom stereocenters. The molecule has 0 aromatic carbocycles. The van der Waals surface area contributed by atoms with E-state index in [2.05, 4.69) is 15.1 Å². The van der Waals surface area contributed by atoms with Crippen LogP contribution >= 0.6 is 0 Å². The Labute approximate surface area is 99.2 Å². The molecule has 1 heterocycles. The van der Waals surface area contributed by atoms with Crippen molar-refractivity contribution in [2.45, 2.75) is 6.54 Å². The lowest BCUT2D eigenvalue weighted by Crippen LogP contribution is -2.34. The van der Waals surface area contributed by atoms with Crippen LogP contribution in [-0.2, 0) is 21.4 Å². The van der Waals surface area contributed by atoms with Crippen molar-refractivity contribution in [1.82, 2.24) is 19.8 Å². The number of nitrogens with two attached hydrogens (primary N) is 1. The molecular formula is C8H15N5O3S. The first-order chi connectivity index (χ1) is 7.93. The van der Waals surface area contributed by atoms with Crippen LogP contribution in [0, 0.1) is 0 Å². The van der Waals surface area contributed by atoms with E-state index in [4.69, 9.17) is 5.73 Å². The fraction of sp³-hybridized carbons (Fsp3) is 0.500. The van der Waals surface area contributed by atoms with Gasteiger partial charge in [0.25, 0.3) is 0 Å². The maximum Gasteiger partial charge on any atom is 0.241 e. The number of nitrogen functional groups attached to an aromatic ring is 1. The molecule has 0 aliphatic rings. The van der Waals surface area contributed by atoms with Crippen molar-refractivity contribution >= 4 is 21.6 Å². The summed E-state index contributed by atoms with van der Waals surface area (Å²) in [5.74, 6) is -0.476. The summed E-state index contributed by atoms with van der Waals surface area (Å²) in [5, 5.41) is 6.30. The van der Waals surface area contributed by atoms with Gasteiger partial charge in [-0.15, -0.1) is 0 Å². The van der Waals surface area contributed by atoms with Gasteiger partial charge >= 0.3 is 0 Å². The minimum Gasteiger partial charge on any atom is -0.396 e. The molecule has 0 bridgehead atoms. The van der Waals surface area contributed by atoms with Gasteiger partial charge < -0.3 is 11.1 Å². The van der Waals surface area contributed by atoms with Crippen LogP contribution in [0.25, 0.3) is 0 Å². The average molecular weight is 261 g/mol. The second-order valence-electron chi connectivity index (χ2n) is 3.34. The first-order valence-electron chi connectivity index (χ1n) is 4.89. The van der Waals surface area contributed by atoms with E-state index in [9.17, 15) is 13.2 Å². The lowest BCUT2D eigenvalue weighted by Gasteiger charge is -2.05. The molecule has 1 amide bonds. The Hall–Kier alpha value is -1.61. The number of amides is 1. The Morgan fingerprint density at radius 2 is 2.29 bits per heavy atom. The third-order valence-electron chi connectivity index (χ3n) is 1.96. The molecule has 0 radical (unpaired) electrons. The molecule has 96 valence electrons.